The zero-order valence-electron chi connectivity index (χ0n) is 65.6. The number of carbonyl (C=O) groups is 13. The molecule has 2 saturated carbocycles. The summed E-state index contributed by atoms with van der Waals surface area (Å²) in [6.07, 6.45) is 14.4. The Morgan fingerprint density at radius 3 is 1.26 bits per heavy atom. The van der Waals surface area contributed by atoms with Crippen LogP contribution in [0.2, 0.25) is 0 Å². The fraction of sp³-hybridized carbons (Fsp3) is 0.436. The predicted molar refractivity (Wildman–Crippen MR) is 455 cm³/mol. The van der Waals surface area contributed by atoms with E-state index in [0.717, 1.165) is 118 Å². The Bertz CT molecular complexity index is 4390. The lowest BCUT2D eigenvalue weighted by Gasteiger charge is -2.33. The summed E-state index contributed by atoms with van der Waals surface area (Å²) in [6, 6.07) is 33.1. The number of hydrogen-bond acceptors (Lipinski definition) is 22. The molecular formula is C78H105N15O15S7. The van der Waals surface area contributed by atoms with Gasteiger partial charge in [-0.1, -0.05) is 139 Å². The number of rotatable bonds is 27. The van der Waals surface area contributed by atoms with Gasteiger partial charge in [0.25, 0.3) is 50.5 Å². The van der Waals surface area contributed by atoms with Crippen molar-refractivity contribution in [1.29, 1.82) is 5.41 Å². The molecule has 2 heterocycles. The fourth-order valence-corrected chi connectivity index (χ4v) is 16.7. The van der Waals surface area contributed by atoms with Gasteiger partial charge in [-0.25, -0.2) is 13.6 Å². The third kappa shape index (κ3) is 35.9. The first kappa shape index (κ1) is 96.5. The van der Waals surface area contributed by atoms with Crippen LogP contribution < -0.4 is 65.3 Å². The van der Waals surface area contributed by atoms with Crippen molar-refractivity contribution in [2.45, 2.75) is 192 Å². The average Bonchev–Trinajstić information content (AvgIpc) is 1.64. The van der Waals surface area contributed by atoms with Crippen LogP contribution >= 0.6 is 70.6 Å². The highest BCUT2D eigenvalue weighted by atomic mass is 32.2. The summed E-state index contributed by atoms with van der Waals surface area (Å²) in [5, 5.41) is 31.2. The summed E-state index contributed by atoms with van der Waals surface area (Å²) in [7, 11) is -3.63. The normalized spacial score (nSPS) is 15.1. The van der Waals surface area contributed by atoms with Gasteiger partial charge in [-0.3, -0.25) is 67.7 Å². The van der Waals surface area contributed by atoms with Crippen molar-refractivity contribution in [2.75, 3.05) is 44.7 Å². The number of amides is 13. The highest BCUT2D eigenvalue weighted by Crippen LogP contribution is 2.34. The average molecular weight is 1720 g/mol. The van der Waals surface area contributed by atoms with Gasteiger partial charge >= 0.3 is 0 Å². The number of nitrogens with one attached hydrogen (secondary N) is 8. The molecule has 2 unspecified atom stereocenters. The van der Waals surface area contributed by atoms with Gasteiger partial charge in [-0.2, -0.15) is 0 Å². The summed E-state index contributed by atoms with van der Waals surface area (Å²) in [6.45, 7) is 15.3. The highest BCUT2D eigenvalue weighted by molar-refractivity contribution is 8.38. The topological polar surface area (TPSA) is 500 Å². The molecular weight excluding hydrogens is 1610 g/mol. The van der Waals surface area contributed by atoms with Crippen molar-refractivity contribution >= 4 is 159 Å². The van der Waals surface area contributed by atoms with Crippen LogP contribution in [0.15, 0.2) is 146 Å². The molecule has 624 valence electrons. The SMILES string of the molecule is CC(C)(C)CC(C)(C)NC(=O)Sc1ccccc1C(=O)NCCC(N)=O.CCCCNC(=O)Sc1ccccc1C(=O)NCCS(N)(=O)=O.CSC(=N)Sc1ccccc1C(=O)N[C@@H](C)C(N)=O.NC(=O)C1CN1C(=O)c1ccccc1SC(=O)NC1CCCC1.NC(=O)C1CN1C(=O)c1ccccc1SC(=O)NC1CCCCC1. The molecule has 5 aromatic rings. The largest absolute Gasteiger partial charge is 0.370 e. The summed E-state index contributed by atoms with van der Waals surface area (Å²) in [5.41, 5.74) is 22.3. The van der Waals surface area contributed by atoms with Gasteiger partial charge in [0.2, 0.25) is 33.7 Å². The summed E-state index contributed by atoms with van der Waals surface area (Å²) >= 11 is 6.49. The predicted octanol–water partition coefficient (Wildman–Crippen LogP) is 10.2. The minimum absolute atomic E-state index is 0.0720. The van der Waals surface area contributed by atoms with Gasteiger partial charge in [-0.05, 0) is 179 Å². The molecule has 115 heavy (non-hydrogen) atoms. The minimum Gasteiger partial charge on any atom is -0.370 e. The standard InChI is InChI=1S/C19H29N3O3S.C17H21N3O3S.C16H19N3O3S.C14H21N3O4S2.C12H15N3O2S2/c1-18(2,3)12-19(4,5)22-17(25)26-14-9-7-6-8-13(14)16(24)21-11-10-15(20)23;18-15(21)13-10-20(13)16(22)12-8-4-5-9-14(12)24-17(23)19-11-6-2-1-3-7-11;17-14(20)12-9-19(12)15(21)11-7-3-4-8-13(11)23-16(22)18-10-5-1-2-6-10;1-2-3-8-17-14(19)22-12-7-5-4-6-11(12)13(18)16-9-10-23(15,20)21;1-7(10(13)16)15-11(17)8-5-3-4-6-9(8)19-12(14)18-2/h6-9H,10-12H2,1-5H3,(H2,20,23)(H,21,24)(H,22,25);4-5,8-9,11,13H,1-3,6-7,10H2,(H2,18,21)(H,19,23);3-4,7-8,10,12H,1-2,5-6,9H2,(H2,17,20)(H,18,22);4-7H,2-3,8-10H2,1H3,(H,16,18)(H,17,19)(H2,15,20,21);3-7,14H,1-2H3,(H2,13,16)(H,15,17)/t;;;;7-/m....0/s1. The van der Waals surface area contributed by atoms with E-state index in [2.05, 4.69) is 58.0 Å². The molecule has 9 rings (SSSR count). The molecule has 4 aliphatic rings. The zero-order valence-corrected chi connectivity index (χ0v) is 71.3. The van der Waals surface area contributed by atoms with Crippen LogP contribution in [0.25, 0.3) is 0 Å². The van der Waals surface area contributed by atoms with Crippen LogP contribution in [0.1, 0.15) is 184 Å². The Hall–Kier alpha value is -9.11. The summed E-state index contributed by atoms with van der Waals surface area (Å²) < 4.78 is 22.1. The van der Waals surface area contributed by atoms with Crippen LogP contribution in [0.3, 0.4) is 0 Å². The monoisotopic (exact) mass is 1720 g/mol. The van der Waals surface area contributed by atoms with Crippen molar-refractivity contribution in [3.63, 3.8) is 0 Å². The zero-order chi connectivity index (χ0) is 85.2. The van der Waals surface area contributed by atoms with E-state index < -0.39 is 57.7 Å². The van der Waals surface area contributed by atoms with Crippen LogP contribution in [0.4, 0.5) is 19.2 Å². The van der Waals surface area contributed by atoms with Crippen molar-refractivity contribution in [2.24, 2.45) is 33.5 Å². The van der Waals surface area contributed by atoms with E-state index in [1.165, 1.54) is 46.7 Å². The first-order valence-corrected chi connectivity index (χ1v) is 44.2. The highest BCUT2D eigenvalue weighted by Gasteiger charge is 2.45. The van der Waals surface area contributed by atoms with Crippen molar-refractivity contribution < 1.29 is 70.7 Å². The van der Waals surface area contributed by atoms with E-state index in [0.29, 0.717) is 76.3 Å². The number of nitrogens with two attached hydrogens (primary N) is 5. The Labute approximate surface area is 697 Å². The number of thioether (sulfide) groups is 6. The van der Waals surface area contributed by atoms with Crippen LogP contribution in [-0.2, 0) is 29.2 Å². The van der Waals surface area contributed by atoms with Gasteiger partial charge in [0.15, 0.2) is 0 Å². The molecule has 2 aliphatic carbocycles. The van der Waals surface area contributed by atoms with Crippen molar-refractivity contribution in [3.05, 3.63) is 149 Å². The van der Waals surface area contributed by atoms with Crippen LogP contribution in [0.5, 0.6) is 0 Å². The quantitative estimate of drug-likeness (QED) is 0.00764. The number of unbranched alkanes of at least 4 members (excludes halogenated alkanes) is 1. The maximum atomic E-state index is 12.5. The van der Waals surface area contributed by atoms with E-state index in [1.807, 2.05) is 20.8 Å². The number of benzene rings is 5. The molecule has 4 fully saturated rings. The molecule has 37 heteroatoms. The number of sulfonamides is 1. The fourth-order valence-electron chi connectivity index (χ4n) is 11.7. The van der Waals surface area contributed by atoms with Gasteiger partial charge < -0.3 is 70.0 Å². The number of hydrogen-bond donors (Lipinski definition) is 13. The molecule has 13 amide bonds. The molecule has 2 aliphatic heterocycles. The van der Waals surface area contributed by atoms with E-state index in [9.17, 15) is 70.7 Å². The summed E-state index contributed by atoms with van der Waals surface area (Å²) in [4.78, 5) is 160. The first-order chi connectivity index (χ1) is 54.3. The number of primary amides is 4. The van der Waals surface area contributed by atoms with Crippen molar-refractivity contribution in [1.82, 2.24) is 47.0 Å². The van der Waals surface area contributed by atoms with Crippen LogP contribution in [-0.4, -0.2) is 177 Å². The Balaban J connectivity index is 0.000000257. The second-order valence-electron chi connectivity index (χ2n) is 28.7. The second-order valence-corrected chi connectivity index (χ2v) is 36.6. The third-order valence-electron chi connectivity index (χ3n) is 17.2. The van der Waals surface area contributed by atoms with E-state index in [4.69, 9.17) is 33.5 Å². The van der Waals surface area contributed by atoms with Crippen molar-refractivity contribution in [3.8, 4) is 0 Å². The summed E-state index contributed by atoms with van der Waals surface area (Å²) in [5.74, 6) is -4.07. The molecule has 0 aromatic heterocycles. The molecule has 30 nitrogen and oxygen atoms in total. The molecule has 0 spiro atoms. The van der Waals surface area contributed by atoms with E-state index in [-0.39, 0.29) is 92.9 Å². The van der Waals surface area contributed by atoms with Gasteiger partial charge in [0.1, 0.15) is 22.5 Å². The Morgan fingerprint density at radius 1 is 0.504 bits per heavy atom. The number of primary sulfonamides is 1. The number of nitrogens with zero attached hydrogens (tertiary/aromatic N) is 2. The maximum absolute atomic E-state index is 12.5. The lowest BCUT2D eigenvalue weighted by atomic mass is 9.82. The van der Waals surface area contributed by atoms with E-state index in [1.54, 1.807) is 128 Å². The van der Waals surface area contributed by atoms with Gasteiger partial charge in [-0.15, -0.1) is 11.8 Å². The smallest absolute Gasteiger partial charge is 0.284 e. The van der Waals surface area contributed by atoms with E-state index >= 15 is 0 Å². The van der Waals surface area contributed by atoms with Crippen LogP contribution in [0, 0.1) is 10.8 Å². The minimum atomic E-state index is -3.63. The third-order valence-corrected chi connectivity index (χ3v) is 23.3. The maximum Gasteiger partial charge on any atom is 0.284 e. The molecule has 0 bridgehead atoms. The van der Waals surface area contributed by atoms with Gasteiger partial charge in [0.05, 0.1) is 46.7 Å². The molecule has 5 aromatic carbocycles. The lowest BCUT2D eigenvalue weighted by Crippen LogP contribution is -2.44. The number of carbonyl (C=O) groups excluding carboxylic acids is 13. The molecule has 2 saturated heterocycles. The van der Waals surface area contributed by atoms with Gasteiger partial charge in [0, 0.05) is 68.2 Å². The Kier molecular flexibility index (Phi) is 40.1. The molecule has 0 radical (unpaired) electrons. The second kappa shape index (κ2) is 47.8. The molecule has 18 N–H and O–H groups in total. The molecule has 3 atom stereocenters. The Morgan fingerprint density at radius 2 is 0.878 bits per heavy atom. The lowest BCUT2D eigenvalue weighted by molar-refractivity contribution is -0.119. The first-order valence-electron chi connectivity index (χ1n) is 37.1.